The minimum atomic E-state index is -2.78. The van der Waals surface area contributed by atoms with Crippen LogP contribution in [0.25, 0.3) is 11.1 Å². The third-order valence-corrected chi connectivity index (χ3v) is 3.50. The van der Waals surface area contributed by atoms with Crippen LogP contribution >= 0.6 is 34.8 Å². The molecule has 0 amide bonds. The van der Waals surface area contributed by atoms with E-state index in [4.69, 9.17) is 34.8 Å². The van der Waals surface area contributed by atoms with Crippen molar-refractivity contribution in [1.29, 1.82) is 0 Å². The van der Waals surface area contributed by atoms with E-state index in [1.165, 1.54) is 12.1 Å². The van der Waals surface area contributed by atoms with E-state index >= 15 is 0 Å². The van der Waals surface area contributed by atoms with Crippen LogP contribution < -0.4 is 0 Å². The van der Waals surface area contributed by atoms with E-state index in [-0.39, 0.29) is 20.6 Å². The SMILES string of the molecule is Fc1cc(-c2cc(Cl)cc(Cl)c2Cl)cc(C(F)F)c1. The minimum Gasteiger partial charge on any atom is -0.207 e. The Morgan fingerprint density at radius 1 is 0.895 bits per heavy atom. The van der Waals surface area contributed by atoms with Gasteiger partial charge >= 0.3 is 0 Å². The predicted octanol–water partition coefficient (Wildman–Crippen LogP) is 6.39. The lowest BCUT2D eigenvalue weighted by atomic mass is 10.0. The van der Waals surface area contributed by atoms with Crippen molar-refractivity contribution in [1.82, 2.24) is 0 Å². The largest absolute Gasteiger partial charge is 0.263 e. The van der Waals surface area contributed by atoms with Crippen LogP contribution in [0.2, 0.25) is 15.1 Å². The summed E-state index contributed by atoms with van der Waals surface area (Å²) in [6.45, 7) is 0. The van der Waals surface area contributed by atoms with Gasteiger partial charge in [0.1, 0.15) is 5.82 Å². The minimum absolute atomic E-state index is 0.136. The van der Waals surface area contributed by atoms with E-state index in [1.807, 2.05) is 0 Å². The summed E-state index contributed by atoms with van der Waals surface area (Å²) in [6.07, 6.45) is -2.78. The first-order chi connectivity index (χ1) is 8.88. The van der Waals surface area contributed by atoms with Crippen molar-refractivity contribution in [2.75, 3.05) is 0 Å². The van der Waals surface area contributed by atoms with Gasteiger partial charge in [-0.25, -0.2) is 13.2 Å². The summed E-state index contributed by atoms with van der Waals surface area (Å²) in [4.78, 5) is 0. The van der Waals surface area contributed by atoms with Crippen LogP contribution in [-0.2, 0) is 0 Å². The quantitative estimate of drug-likeness (QED) is 0.561. The van der Waals surface area contributed by atoms with Gasteiger partial charge < -0.3 is 0 Å². The van der Waals surface area contributed by atoms with Crippen LogP contribution in [0, 0.1) is 5.82 Å². The normalized spacial score (nSPS) is 11.1. The van der Waals surface area contributed by atoms with Crippen LogP contribution in [-0.4, -0.2) is 0 Å². The van der Waals surface area contributed by atoms with Crippen molar-refractivity contribution >= 4 is 34.8 Å². The summed E-state index contributed by atoms with van der Waals surface area (Å²) in [5, 5.41) is 0.594. The first-order valence-corrected chi connectivity index (χ1v) is 6.25. The lowest BCUT2D eigenvalue weighted by Crippen LogP contribution is -1.90. The number of rotatable bonds is 2. The van der Waals surface area contributed by atoms with Crippen molar-refractivity contribution in [3.05, 3.63) is 56.8 Å². The van der Waals surface area contributed by atoms with Crippen molar-refractivity contribution in [3.8, 4) is 11.1 Å². The number of halogens is 6. The van der Waals surface area contributed by atoms with Gasteiger partial charge in [-0.2, -0.15) is 0 Å². The molecule has 0 unspecified atom stereocenters. The standard InChI is InChI=1S/C13H6Cl3F3/c14-8-4-10(12(16)11(15)5-8)6-1-7(13(18)19)3-9(17)2-6/h1-5,13H. The van der Waals surface area contributed by atoms with Gasteiger partial charge in [0.05, 0.1) is 10.0 Å². The Kier molecular flexibility index (Phi) is 4.29. The molecule has 0 N–H and O–H groups in total. The lowest BCUT2D eigenvalue weighted by molar-refractivity contribution is 0.151. The summed E-state index contributed by atoms with van der Waals surface area (Å²) in [5.41, 5.74) is 0.0763. The van der Waals surface area contributed by atoms with Gasteiger partial charge in [-0.15, -0.1) is 0 Å². The molecule has 0 atom stereocenters. The fourth-order valence-electron chi connectivity index (χ4n) is 1.66. The van der Waals surface area contributed by atoms with Gasteiger partial charge in [-0.3, -0.25) is 0 Å². The second-order valence-electron chi connectivity index (χ2n) is 3.82. The van der Waals surface area contributed by atoms with Gasteiger partial charge in [-0.1, -0.05) is 34.8 Å². The van der Waals surface area contributed by atoms with E-state index in [1.54, 1.807) is 0 Å². The molecule has 2 aromatic carbocycles. The summed E-state index contributed by atoms with van der Waals surface area (Å²) >= 11 is 17.7. The molecule has 0 aromatic heterocycles. The molecule has 0 saturated carbocycles. The van der Waals surface area contributed by atoms with Crippen LogP contribution in [0.4, 0.5) is 13.2 Å². The Bertz CT molecular complexity index is 627. The topological polar surface area (TPSA) is 0 Å². The van der Waals surface area contributed by atoms with Crippen molar-refractivity contribution in [2.45, 2.75) is 6.43 Å². The Hall–Kier alpha value is -0.900. The summed E-state index contributed by atoms with van der Waals surface area (Å²) in [6, 6.07) is 5.89. The smallest absolute Gasteiger partial charge is 0.207 e. The maximum Gasteiger partial charge on any atom is 0.263 e. The van der Waals surface area contributed by atoms with E-state index in [9.17, 15) is 13.2 Å². The molecule has 2 rings (SSSR count). The first kappa shape index (κ1) is 14.5. The highest BCUT2D eigenvalue weighted by molar-refractivity contribution is 6.45. The molecule has 2 aromatic rings. The average molecular weight is 326 g/mol. The van der Waals surface area contributed by atoms with Crippen LogP contribution in [0.5, 0.6) is 0 Å². The average Bonchev–Trinajstić information content (AvgIpc) is 2.32. The lowest BCUT2D eigenvalue weighted by Gasteiger charge is -2.09. The van der Waals surface area contributed by atoms with Crippen molar-refractivity contribution in [3.63, 3.8) is 0 Å². The molecule has 0 fully saturated rings. The fourth-order valence-corrected chi connectivity index (χ4v) is 2.37. The Labute approximate surface area is 122 Å². The summed E-state index contributed by atoms with van der Waals surface area (Å²) < 4.78 is 38.7. The highest BCUT2D eigenvalue weighted by Gasteiger charge is 2.14. The predicted molar refractivity (Wildman–Crippen MR) is 71.8 cm³/mol. The summed E-state index contributed by atoms with van der Waals surface area (Å²) in [5.74, 6) is -0.778. The molecule has 6 heteroatoms. The highest BCUT2D eigenvalue weighted by atomic mass is 35.5. The molecule has 19 heavy (non-hydrogen) atoms. The van der Waals surface area contributed by atoms with Gasteiger partial charge in [0.25, 0.3) is 6.43 Å². The number of benzene rings is 2. The van der Waals surface area contributed by atoms with Crippen LogP contribution in [0.15, 0.2) is 30.3 Å². The fraction of sp³-hybridized carbons (Fsp3) is 0.0769. The number of alkyl halides is 2. The van der Waals surface area contributed by atoms with Crippen LogP contribution in [0.3, 0.4) is 0 Å². The third-order valence-electron chi connectivity index (χ3n) is 2.48. The van der Waals surface area contributed by atoms with E-state index in [0.717, 1.165) is 18.2 Å². The highest BCUT2D eigenvalue weighted by Crippen LogP contribution is 2.37. The molecule has 0 aliphatic rings. The molecule has 0 nitrogen and oxygen atoms in total. The Balaban J connectivity index is 2.65. The maximum absolute atomic E-state index is 13.4. The van der Waals surface area contributed by atoms with Crippen molar-refractivity contribution < 1.29 is 13.2 Å². The number of hydrogen-bond acceptors (Lipinski definition) is 0. The molecule has 0 heterocycles. The Morgan fingerprint density at radius 2 is 1.58 bits per heavy atom. The molecule has 0 aliphatic carbocycles. The summed E-state index contributed by atoms with van der Waals surface area (Å²) in [7, 11) is 0. The van der Waals surface area contributed by atoms with Gasteiger partial charge in [0.2, 0.25) is 0 Å². The van der Waals surface area contributed by atoms with Gasteiger partial charge in [0.15, 0.2) is 0 Å². The van der Waals surface area contributed by atoms with Gasteiger partial charge in [-0.05, 0) is 35.9 Å². The third kappa shape index (κ3) is 3.16. The second kappa shape index (κ2) is 5.61. The number of hydrogen-bond donors (Lipinski definition) is 0. The molecule has 0 saturated heterocycles. The zero-order chi connectivity index (χ0) is 14.2. The van der Waals surface area contributed by atoms with E-state index in [0.29, 0.717) is 5.56 Å². The monoisotopic (exact) mass is 324 g/mol. The van der Waals surface area contributed by atoms with Crippen molar-refractivity contribution in [2.24, 2.45) is 0 Å². The molecule has 100 valence electrons. The van der Waals surface area contributed by atoms with Crippen LogP contribution in [0.1, 0.15) is 12.0 Å². The molecule has 0 radical (unpaired) electrons. The zero-order valence-electron chi connectivity index (χ0n) is 9.23. The van der Waals surface area contributed by atoms with E-state index in [2.05, 4.69) is 0 Å². The molecule has 0 bridgehead atoms. The zero-order valence-corrected chi connectivity index (χ0v) is 11.5. The van der Waals surface area contributed by atoms with E-state index < -0.39 is 17.8 Å². The maximum atomic E-state index is 13.4. The first-order valence-electron chi connectivity index (χ1n) is 5.12. The molecular weight excluding hydrogens is 319 g/mol. The molecule has 0 aliphatic heterocycles. The van der Waals surface area contributed by atoms with Gasteiger partial charge in [0, 0.05) is 16.1 Å². The molecular formula is C13H6Cl3F3. The second-order valence-corrected chi connectivity index (χ2v) is 5.04. The molecule has 0 spiro atoms. The Morgan fingerprint density at radius 3 is 2.21 bits per heavy atom.